The smallest absolute Gasteiger partial charge is 0.337 e. The minimum atomic E-state index is -0.178. The van der Waals surface area contributed by atoms with E-state index in [2.05, 4.69) is 15.3 Å². The Morgan fingerprint density at radius 3 is 2.74 bits per heavy atom. The van der Waals surface area contributed by atoms with Gasteiger partial charge in [0, 0.05) is 31.7 Å². The number of nitrogens with one attached hydrogen (secondary N) is 1. The predicted octanol–water partition coefficient (Wildman–Crippen LogP) is 1.62. The van der Waals surface area contributed by atoms with Crippen molar-refractivity contribution in [2.75, 3.05) is 13.1 Å². The fourth-order valence-corrected chi connectivity index (χ4v) is 3.63. The molecule has 1 saturated heterocycles. The van der Waals surface area contributed by atoms with Crippen LogP contribution in [0, 0.1) is 6.92 Å². The van der Waals surface area contributed by atoms with Crippen molar-refractivity contribution in [3.63, 3.8) is 0 Å². The second kappa shape index (κ2) is 6.86. The lowest BCUT2D eigenvalue weighted by Crippen LogP contribution is -2.40. The van der Waals surface area contributed by atoms with Gasteiger partial charge in [0.25, 0.3) is 5.91 Å². The van der Waals surface area contributed by atoms with Gasteiger partial charge in [-0.1, -0.05) is 18.2 Å². The number of aromatic nitrogens is 5. The van der Waals surface area contributed by atoms with Gasteiger partial charge in [0.2, 0.25) is 0 Å². The van der Waals surface area contributed by atoms with Crippen LogP contribution >= 0.6 is 0 Å². The summed E-state index contributed by atoms with van der Waals surface area (Å²) in [6.45, 7) is 3.08. The highest BCUT2D eigenvalue weighted by atomic mass is 16.2. The molecule has 1 aromatic carbocycles. The van der Waals surface area contributed by atoms with Crippen LogP contribution in [0.25, 0.3) is 5.69 Å². The quantitative estimate of drug-likeness (QED) is 0.763. The van der Waals surface area contributed by atoms with E-state index in [-0.39, 0.29) is 17.5 Å². The van der Waals surface area contributed by atoms with Gasteiger partial charge in [-0.25, -0.2) is 14.0 Å². The maximum absolute atomic E-state index is 12.8. The Morgan fingerprint density at radius 2 is 2.04 bits per heavy atom. The number of H-pyrrole nitrogens is 1. The molecule has 0 radical (unpaired) electrons. The molecule has 0 bridgehead atoms. The number of likely N-dealkylation sites (tertiary alicyclic amines) is 1. The highest BCUT2D eigenvalue weighted by Crippen LogP contribution is 2.27. The molecular formula is C19H22N6O2. The van der Waals surface area contributed by atoms with Crippen LogP contribution in [0.4, 0.5) is 0 Å². The summed E-state index contributed by atoms with van der Waals surface area (Å²) in [5.41, 5.74) is 1.89. The van der Waals surface area contributed by atoms with Gasteiger partial charge in [-0.05, 0) is 38.0 Å². The molecule has 0 unspecified atom stereocenters. The highest BCUT2D eigenvalue weighted by molar-refractivity contribution is 5.92. The molecule has 0 spiro atoms. The average Bonchev–Trinajstić information content (AvgIpc) is 3.25. The summed E-state index contributed by atoms with van der Waals surface area (Å²) in [7, 11) is 1.66. The third-order valence-corrected chi connectivity index (χ3v) is 4.96. The number of carbonyl (C=O) groups excluding carboxylic acids is 1. The molecule has 27 heavy (non-hydrogen) atoms. The van der Waals surface area contributed by atoms with E-state index >= 15 is 0 Å². The number of hydrogen-bond acceptors (Lipinski definition) is 4. The van der Waals surface area contributed by atoms with E-state index in [0.717, 1.165) is 24.2 Å². The van der Waals surface area contributed by atoms with Gasteiger partial charge >= 0.3 is 5.69 Å². The minimum absolute atomic E-state index is 0.00292. The fourth-order valence-electron chi connectivity index (χ4n) is 3.63. The summed E-state index contributed by atoms with van der Waals surface area (Å²) < 4.78 is 3.01. The number of nitrogens with zero attached hydrogens (tertiary/aromatic N) is 5. The SMILES string of the molecule is Cc1cc(C(=O)N2CCC[C@@H](c3nn(C)c(=O)n3-c3ccccc3)C2)n[nH]1. The molecule has 3 heterocycles. The maximum atomic E-state index is 12.8. The fraction of sp³-hybridized carbons (Fsp3) is 0.368. The van der Waals surface area contributed by atoms with Gasteiger partial charge in [0.05, 0.1) is 5.69 Å². The zero-order valence-electron chi connectivity index (χ0n) is 15.4. The number of carbonyl (C=O) groups is 1. The molecular weight excluding hydrogens is 344 g/mol. The normalized spacial score (nSPS) is 17.3. The first-order chi connectivity index (χ1) is 13.0. The topological polar surface area (TPSA) is 88.8 Å². The van der Waals surface area contributed by atoms with Crippen molar-refractivity contribution >= 4 is 5.91 Å². The third-order valence-electron chi connectivity index (χ3n) is 4.96. The Balaban J connectivity index is 1.65. The number of piperidine rings is 1. The van der Waals surface area contributed by atoms with Crippen molar-refractivity contribution in [2.45, 2.75) is 25.7 Å². The number of para-hydroxylation sites is 1. The number of aryl methyl sites for hydroxylation is 2. The van der Waals surface area contributed by atoms with E-state index in [4.69, 9.17) is 0 Å². The number of rotatable bonds is 3. The molecule has 140 valence electrons. The summed E-state index contributed by atoms with van der Waals surface area (Å²) >= 11 is 0. The van der Waals surface area contributed by atoms with Crippen LogP contribution in [0.5, 0.6) is 0 Å². The Kier molecular flexibility index (Phi) is 4.39. The van der Waals surface area contributed by atoms with Crippen LogP contribution in [0.15, 0.2) is 41.2 Å². The first-order valence-corrected chi connectivity index (χ1v) is 9.07. The summed E-state index contributed by atoms with van der Waals surface area (Å²) in [6.07, 6.45) is 1.74. The van der Waals surface area contributed by atoms with Crippen LogP contribution in [0.3, 0.4) is 0 Å². The van der Waals surface area contributed by atoms with E-state index < -0.39 is 0 Å². The number of amides is 1. The zero-order chi connectivity index (χ0) is 19.0. The Hall–Kier alpha value is -3.16. The van der Waals surface area contributed by atoms with Gasteiger partial charge in [-0.3, -0.25) is 9.89 Å². The van der Waals surface area contributed by atoms with Crippen molar-refractivity contribution in [2.24, 2.45) is 7.05 Å². The molecule has 3 aromatic rings. The van der Waals surface area contributed by atoms with E-state index in [0.29, 0.717) is 24.6 Å². The van der Waals surface area contributed by atoms with Gasteiger partial charge in [0.15, 0.2) is 0 Å². The zero-order valence-corrected chi connectivity index (χ0v) is 15.4. The Labute approximate surface area is 156 Å². The highest BCUT2D eigenvalue weighted by Gasteiger charge is 2.30. The molecule has 1 atom stereocenters. The van der Waals surface area contributed by atoms with E-state index in [1.807, 2.05) is 37.3 Å². The second-order valence-corrected chi connectivity index (χ2v) is 6.96. The predicted molar refractivity (Wildman–Crippen MR) is 100 cm³/mol. The lowest BCUT2D eigenvalue weighted by molar-refractivity contribution is 0.0698. The van der Waals surface area contributed by atoms with Crippen molar-refractivity contribution in [1.29, 1.82) is 0 Å². The number of benzene rings is 1. The van der Waals surface area contributed by atoms with Crippen LogP contribution in [0.1, 0.15) is 40.8 Å². The van der Waals surface area contributed by atoms with E-state index in [1.54, 1.807) is 22.6 Å². The second-order valence-electron chi connectivity index (χ2n) is 6.96. The molecule has 1 amide bonds. The molecule has 1 N–H and O–H groups in total. The number of hydrogen-bond donors (Lipinski definition) is 1. The van der Waals surface area contributed by atoms with Crippen molar-refractivity contribution in [3.8, 4) is 5.69 Å². The minimum Gasteiger partial charge on any atom is -0.337 e. The van der Waals surface area contributed by atoms with Crippen LogP contribution < -0.4 is 5.69 Å². The first-order valence-electron chi connectivity index (χ1n) is 9.07. The lowest BCUT2D eigenvalue weighted by atomic mass is 9.96. The molecule has 8 heteroatoms. The average molecular weight is 366 g/mol. The molecule has 1 aliphatic rings. The largest absolute Gasteiger partial charge is 0.350 e. The summed E-state index contributed by atoms with van der Waals surface area (Å²) in [5.74, 6) is 0.606. The summed E-state index contributed by atoms with van der Waals surface area (Å²) in [6, 6.07) is 11.3. The van der Waals surface area contributed by atoms with Crippen molar-refractivity contribution < 1.29 is 4.79 Å². The van der Waals surface area contributed by atoms with E-state index in [1.165, 1.54) is 4.68 Å². The van der Waals surface area contributed by atoms with Gasteiger partial charge in [-0.2, -0.15) is 10.2 Å². The lowest BCUT2D eigenvalue weighted by Gasteiger charge is -2.31. The summed E-state index contributed by atoms with van der Waals surface area (Å²) in [4.78, 5) is 27.2. The standard InChI is InChI=1S/C19H22N6O2/c1-13-11-16(21-20-13)18(26)24-10-6-7-14(12-24)17-22-23(2)19(27)25(17)15-8-4-3-5-9-15/h3-5,8-9,11,14H,6-7,10,12H2,1-2H3,(H,20,21)/t14-/m1/s1. The van der Waals surface area contributed by atoms with Crippen LogP contribution in [0.2, 0.25) is 0 Å². The first kappa shape index (κ1) is 17.3. The molecule has 0 saturated carbocycles. The van der Waals surface area contributed by atoms with Crippen LogP contribution in [-0.4, -0.2) is 48.4 Å². The molecule has 0 aliphatic carbocycles. The van der Waals surface area contributed by atoms with Gasteiger partial charge in [0.1, 0.15) is 11.5 Å². The number of aromatic amines is 1. The van der Waals surface area contributed by atoms with Gasteiger partial charge < -0.3 is 4.90 Å². The van der Waals surface area contributed by atoms with Crippen LogP contribution in [-0.2, 0) is 7.05 Å². The molecule has 1 aliphatic heterocycles. The molecule has 2 aromatic heterocycles. The van der Waals surface area contributed by atoms with Gasteiger partial charge in [-0.15, -0.1) is 0 Å². The van der Waals surface area contributed by atoms with Crippen molar-refractivity contribution in [3.05, 3.63) is 64.1 Å². The molecule has 1 fully saturated rings. The van der Waals surface area contributed by atoms with E-state index in [9.17, 15) is 9.59 Å². The maximum Gasteiger partial charge on any atom is 0.350 e. The third kappa shape index (κ3) is 3.18. The molecule has 8 nitrogen and oxygen atoms in total. The Morgan fingerprint density at radius 1 is 1.26 bits per heavy atom. The Bertz CT molecular complexity index is 1020. The van der Waals surface area contributed by atoms with Crippen molar-refractivity contribution in [1.82, 2.24) is 29.4 Å². The summed E-state index contributed by atoms with van der Waals surface area (Å²) in [5, 5.41) is 11.4. The monoisotopic (exact) mass is 366 g/mol. The molecule has 4 rings (SSSR count).